The SMILES string of the molecule is O=C([O-])c1ccc(NS(=O)(=O)c2ccccc2Cl)cc1. The van der Waals surface area contributed by atoms with Crippen LogP contribution in [0.3, 0.4) is 0 Å². The Labute approximate surface area is 120 Å². The van der Waals surface area contributed by atoms with E-state index in [4.69, 9.17) is 11.6 Å². The Balaban J connectivity index is 2.29. The maximum absolute atomic E-state index is 12.1. The number of hydrogen-bond acceptors (Lipinski definition) is 4. The van der Waals surface area contributed by atoms with E-state index in [1.807, 2.05) is 0 Å². The largest absolute Gasteiger partial charge is 0.545 e. The summed E-state index contributed by atoms with van der Waals surface area (Å²) in [6.07, 6.45) is 0. The van der Waals surface area contributed by atoms with Crippen LogP contribution in [-0.2, 0) is 10.0 Å². The summed E-state index contributed by atoms with van der Waals surface area (Å²) in [5, 5.41) is 10.7. The number of halogens is 1. The van der Waals surface area contributed by atoms with E-state index >= 15 is 0 Å². The monoisotopic (exact) mass is 310 g/mol. The lowest BCUT2D eigenvalue weighted by atomic mass is 10.2. The summed E-state index contributed by atoms with van der Waals surface area (Å²) in [4.78, 5) is 10.5. The van der Waals surface area contributed by atoms with Crippen molar-refractivity contribution in [1.29, 1.82) is 0 Å². The molecule has 2 aromatic rings. The molecule has 0 aliphatic heterocycles. The maximum atomic E-state index is 12.1. The predicted octanol–water partition coefficient (Wildman–Crippen LogP) is 1.50. The fourth-order valence-electron chi connectivity index (χ4n) is 1.55. The molecule has 0 radical (unpaired) electrons. The summed E-state index contributed by atoms with van der Waals surface area (Å²) in [6, 6.07) is 11.2. The molecule has 0 heterocycles. The summed E-state index contributed by atoms with van der Waals surface area (Å²) in [7, 11) is -3.82. The molecule has 0 aliphatic rings. The summed E-state index contributed by atoms with van der Waals surface area (Å²) in [5.74, 6) is -1.33. The molecule has 0 unspecified atom stereocenters. The van der Waals surface area contributed by atoms with Crippen molar-refractivity contribution in [2.24, 2.45) is 0 Å². The molecule has 0 atom stereocenters. The second kappa shape index (κ2) is 5.52. The first kappa shape index (κ1) is 14.4. The summed E-state index contributed by atoms with van der Waals surface area (Å²) < 4.78 is 26.5. The van der Waals surface area contributed by atoms with Crippen LogP contribution < -0.4 is 9.83 Å². The zero-order valence-electron chi connectivity index (χ0n) is 10.0. The van der Waals surface area contributed by atoms with Crippen LogP contribution in [0.1, 0.15) is 10.4 Å². The van der Waals surface area contributed by atoms with Gasteiger partial charge in [0.25, 0.3) is 10.0 Å². The van der Waals surface area contributed by atoms with Gasteiger partial charge in [0.15, 0.2) is 0 Å². The highest BCUT2D eigenvalue weighted by Gasteiger charge is 2.17. The Morgan fingerprint density at radius 2 is 1.65 bits per heavy atom. The molecule has 5 nitrogen and oxygen atoms in total. The van der Waals surface area contributed by atoms with Crippen LogP contribution in [0.4, 0.5) is 5.69 Å². The molecule has 20 heavy (non-hydrogen) atoms. The van der Waals surface area contributed by atoms with Crippen LogP contribution in [0, 0.1) is 0 Å². The van der Waals surface area contributed by atoms with Gasteiger partial charge in [0, 0.05) is 5.69 Å². The number of carbonyl (C=O) groups is 1. The van der Waals surface area contributed by atoms with Crippen molar-refractivity contribution >= 4 is 33.3 Å². The number of rotatable bonds is 4. The zero-order chi connectivity index (χ0) is 14.8. The van der Waals surface area contributed by atoms with E-state index in [1.165, 1.54) is 36.4 Å². The number of carboxylic acids is 1. The van der Waals surface area contributed by atoms with Crippen LogP contribution in [0.5, 0.6) is 0 Å². The molecule has 104 valence electrons. The van der Waals surface area contributed by atoms with Gasteiger partial charge < -0.3 is 9.90 Å². The number of aromatic carboxylic acids is 1. The van der Waals surface area contributed by atoms with Gasteiger partial charge in [0.2, 0.25) is 0 Å². The third kappa shape index (κ3) is 3.09. The molecule has 0 saturated carbocycles. The number of sulfonamides is 1. The molecule has 0 bridgehead atoms. The minimum absolute atomic E-state index is 0.0364. The van der Waals surface area contributed by atoms with Gasteiger partial charge in [-0.3, -0.25) is 4.72 Å². The number of hydrogen-bond donors (Lipinski definition) is 1. The van der Waals surface area contributed by atoms with Crippen LogP contribution in [0.15, 0.2) is 53.4 Å². The number of nitrogens with one attached hydrogen (secondary N) is 1. The van der Waals surface area contributed by atoms with Gasteiger partial charge in [-0.25, -0.2) is 8.42 Å². The quantitative estimate of drug-likeness (QED) is 0.927. The highest BCUT2D eigenvalue weighted by Crippen LogP contribution is 2.23. The Morgan fingerprint density at radius 1 is 1.05 bits per heavy atom. The Morgan fingerprint density at radius 3 is 2.20 bits per heavy atom. The van der Waals surface area contributed by atoms with E-state index in [0.29, 0.717) is 0 Å². The van der Waals surface area contributed by atoms with E-state index in [9.17, 15) is 18.3 Å². The molecule has 0 amide bonds. The van der Waals surface area contributed by atoms with Crippen LogP contribution in [0.2, 0.25) is 5.02 Å². The molecule has 2 rings (SSSR count). The van der Waals surface area contributed by atoms with Crippen LogP contribution >= 0.6 is 11.6 Å². The van der Waals surface area contributed by atoms with Crippen molar-refractivity contribution in [1.82, 2.24) is 0 Å². The topological polar surface area (TPSA) is 86.3 Å². The van der Waals surface area contributed by atoms with Crippen LogP contribution in [-0.4, -0.2) is 14.4 Å². The summed E-state index contributed by atoms with van der Waals surface area (Å²) >= 11 is 5.84. The van der Waals surface area contributed by atoms with Crippen molar-refractivity contribution in [2.75, 3.05) is 4.72 Å². The molecule has 0 aliphatic carbocycles. The maximum Gasteiger partial charge on any atom is 0.263 e. The molecule has 1 N–H and O–H groups in total. The lowest BCUT2D eigenvalue weighted by Crippen LogP contribution is -2.22. The number of carbonyl (C=O) groups excluding carboxylic acids is 1. The lowest BCUT2D eigenvalue weighted by Gasteiger charge is -2.10. The van der Waals surface area contributed by atoms with E-state index in [0.717, 1.165) is 0 Å². The first-order valence-corrected chi connectivity index (χ1v) is 7.35. The minimum atomic E-state index is -3.82. The van der Waals surface area contributed by atoms with Gasteiger partial charge in [-0.15, -0.1) is 0 Å². The zero-order valence-corrected chi connectivity index (χ0v) is 11.6. The normalized spacial score (nSPS) is 11.1. The van der Waals surface area contributed by atoms with Crippen molar-refractivity contribution < 1.29 is 18.3 Å². The average Bonchev–Trinajstić information content (AvgIpc) is 2.39. The van der Waals surface area contributed by atoms with E-state index < -0.39 is 16.0 Å². The Hall–Kier alpha value is -2.05. The number of carboxylic acid groups (broad SMARTS) is 1. The lowest BCUT2D eigenvalue weighted by molar-refractivity contribution is -0.255. The summed E-state index contributed by atoms with van der Waals surface area (Å²) in [6.45, 7) is 0. The average molecular weight is 311 g/mol. The fraction of sp³-hybridized carbons (Fsp3) is 0. The smallest absolute Gasteiger partial charge is 0.263 e. The first-order chi connectivity index (χ1) is 9.40. The molecular formula is C13H9ClNO4S-. The fourth-order valence-corrected chi connectivity index (χ4v) is 3.13. The Bertz CT molecular complexity index is 741. The second-order valence-electron chi connectivity index (χ2n) is 3.90. The minimum Gasteiger partial charge on any atom is -0.545 e. The van der Waals surface area contributed by atoms with E-state index in [2.05, 4.69) is 4.72 Å². The number of benzene rings is 2. The third-order valence-electron chi connectivity index (χ3n) is 2.50. The van der Waals surface area contributed by atoms with Gasteiger partial charge in [-0.2, -0.15) is 0 Å². The third-order valence-corrected chi connectivity index (χ3v) is 4.38. The number of anilines is 1. The van der Waals surface area contributed by atoms with Gasteiger partial charge in [0.1, 0.15) is 4.90 Å². The predicted molar refractivity (Wildman–Crippen MR) is 73.0 cm³/mol. The first-order valence-electron chi connectivity index (χ1n) is 5.49. The van der Waals surface area contributed by atoms with E-state index in [-0.39, 0.29) is 21.2 Å². The van der Waals surface area contributed by atoms with Gasteiger partial charge in [-0.05, 0) is 29.8 Å². The van der Waals surface area contributed by atoms with Gasteiger partial charge in [0.05, 0.1) is 11.0 Å². The molecule has 0 spiro atoms. The van der Waals surface area contributed by atoms with Gasteiger partial charge in [-0.1, -0.05) is 35.9 Å². The van der Waals surface area contributed by atoms with Crippen molar-refractivity contribution in [3.63, 3.8) is 0 Å². The molecule has 7 heteroatoms. The highest BCUT2D eigenvalue weighted by molar-refractivity contribution is 7.92. The standard InChI is InChI=1S/C13H10ClNO4S/c14-11-3-1-2-4-12(11)20(18,19)15-10-7-5-9(6-8-10)13(16)17/h1-8,15H,(H,16,17)/p-1. The summed E-state index contributed by atoms with van der Waals surface area (Å²) in [5.41, 5.74) is 0.195. The second-order valence-corrected chi connectivity index (χ2v) is 5.96. The van der Waals surface area contributed by atoms with Gasteiger partial charge >= 0.3 is 0 Å². The van der Waals surface area contributed by atoms with Crippen molar-refractivity contribution in [3.8, 4) is 0 Å². The van der Waals surface area contributed by atoms with Crippen molar-refractivity contribution in [3.05, 3.63) is 59.1 Å². The van der Waals surface area contributed by atoms with E-state index in [1.54, 1.807) is 12.1 Å². The molecule has 0 saturated heterocycles. The highest BCUT2D eigenvalue weighted by atomic mass is 35.5. The molecule has 2 aromatic carbocycles. The Kier molecular flexibility index (Phi) is 3.96. The van der Waals surface area contributed by atoms with Crippen molar-refractivity contribution in [2.45, 2.75) is 4.90 Å². The molecule has 0 aromatic heterocycles. The van der Waals surface area contributed by atoms with Crippen LogP contribution in [0.25, 0.3) is 0 Å². The molecule has 0 fully saturated rings. The molecular weight excluding hydrogens is 302 g/mol.